The molecule has 2 aromatic rings. The molecule has 0 amide bonds. The Morgan fingerprint density at radius 3 is 2.65 bits per heavy atom. The first-order valence-corrected chi connectivity index (χ1v) is 5.32. The van der Waals surface area contributed by atoms with E-state index < -0.39 is 12.2 Å². The van der Waals surface area contributed by atoms with Crippen molar-refractivity contribution in [1.29, 1.82) is 0 Å². The van der Waals surface area contributed by atoms with E-state index in [0.29, 0.717) is 0 Å². The second kappa shape index (κ2) is 4.79. The number of alkyl halides is 3. The molecule has 90 valence electrons. The van der Waals surface area contributed by atoms with Crippen LogP contribution in [0.3, 0.4) is 0 Å². The molecule has 17 heavy (non-hydrogen) atoms. The van der Waals surface area contributed by atoms with Gasteiger partial charge in [-0.1, -0.05) is 0 Å². The summed E-state index contributed by atoms with van der Waals surface area (Å²) in [4.78, 5) is 0. The van der Waals surface area contributed by atoms with Gasteiger partial charge in [0.15, 0.2) is 0 Å². The lowest BCUT2D eigenvalue weighted by Crippen LogP contribution is -1.97. The van der Waals surface area contributed by atoms with E-state index in [-0.39, 0.29) is 17.1 Å². The molecule has 0 fully saturated rings. The molecule has 0 N–H and O–H groups in total. The van der Waals surface area contributed by atoms with Crippen LogP contribution in [0.2, 0.25) is 0 Å². The van der Waals surface area contributed by atoms with E-state index in [4.69, 9.17) is 11.6 Å². The van der Waals surface area contributed by atoms with Crippen molar-refractivity contribution in [2.45, 2.75) is 12.3 Å². The Balaban J connectivity index is 2.44. The maximum absolute atomic E-state index is 13.2. The Hall–Kier alpha value is -1.49. The summed E-state index contributed by atoms with van der Waals surface area (Å²) >= 11 is 5.59. The summed E-state index contributed by atoms with van der Waals surface area (Å²) in [6.45, 7) is 0. The van der Waals surface area contributed by atoms with E-state index in [2.05, 4.69) is 5.10 Å². The molecule has 6 heteroatoms. The Kier molecular flexibility index (Phi) is 3.38. The highest BCUT2D eigenvalue weighted by Gasteiger charge is 2.11. The lowest BCUT2D eigenvalue weighted by atomic mass is 10.2. The third-order valence-corrected chi connectivity index (χ3v) is 2.52. The van der Waals surface area contributed by atoms with Crippen LogP contribution in [-0.4, -0.2) is 9.78 Å². The fraction of sp³-hybridized carbons (Fsp3) is 0.182. The summed E-state index contributed by atoms with van der Waals surface area (Å²) in [6, 6.07) is 3.13. The average molecular weight is 261 g/mol. The van der Waals surface area contributed by atoms with Gasteiger partial charge in [0.2, 0.25) is 0 Å². The van der Waals surface area contributed by atoms with Gasteiger partial charge in [-0.05, 0) is 18.2 Å². The highest BCUT2D eigenvalue weighted by molar-refractivity contribution is 6.17. The highest BCUT2D eigenvalue weighted by atomic mass is 35.5. The van der Waals surface area contributed by atoms with Crippen molar-refractivity contribution >= 4 is 11.6 Å². The molecular weight excluding hydrogens is 253 g/mol. The van der Waals surface area contributed by atoms with Gasteiger partial charge in [-0.3, -0.25) is 0 Å². The number of nitrogens with zero attached hydrogens (tertiary/aromatic N) is 2. The Labute approximate surface area is 101 Å². The van der Waals surface area contributed by atoms with Gasteiger partial charge in [-0.15, -0.1) is 11.6 Å². The van der Waals surface area contributed by atoms with Crippen LogP contribution in [-0.2, 0) is 5.88 Å². The monoisotopic (exact) mass is 260 g/mol. The van der Waals surface area contributed by atoms with Gasteiger partial charge in [0.25, 0.3) is 6.43 Å². The number of hydrogen-bond donors (Lipinski definition) is 0. The first kappa shape index (κ1) is 12.0. The van der Waals surface area contributed by atoms with Crippen LogP contribution in [0, 0.1) is 5.82 Å². The maximum Gasteiger partial charge on any atom is 0.264 e. The zero-order valence-electron chi connectivity index (χ0n) is 8.58. The topological polar surface area (TPSA) is 17.8 Å². The molecule has 0 aliphatic carbocycles. The lowest BCUT2D eigenvalue weighted by Gasteiger charge is -2.05. The fourth-order valence-electron chi connectivity index (χ4n) is 1.42. The molecule has 2 rings (SSSR count). The molecule has 0 saturated carbocycles. The van der Waals surface area contributed by atoms with Crippen molar-refractivity contribution < 1.29 is 13.2 Å². The molecule has 0 aliphatic rings. The second-order valence-electron chi connectivity index (χ2n) is 3.47. The fourth-order valence-corrected chi connectivity index (χ4v) is 1.56. The maximum atomic E-state index is 13.2. The molecule has 0 saturated heterocycles. The summed E-state index contributed by atoms with van der Waals surface area (Å²) in [5, 5.41) is 3.92. The summed E-state index contributed by atoms with van der Waals surface area (Å²) in [7, 11) is 0. The predicted octanol–water partition coefficient (Wildman–Crippen LogP) is 3.69. The SMILES string of the molecule is Fc1cc(C(F)F)cc(-n2cc(CCl)cn2)c1. The van der Waals surface area contributed by atoms with Crippen molar-refractivity contribution in [3.63, 3.8) is 0 Å². The van der Waals surface area contributed by atoms with Crippen LogP contribution in [0.25, 0.3) is 5.69 Å². The van der Waals surface area contributed by atoms with Crippen molar-refractivity contribution in [1.82, 2.24) is 9.78 Å². The predicted molar refractivity (Wildman–Crippen MR) is 58.0 cm³/mol. The molecular formula is C11H8ClF3N2. The Morgan fingerprint density at radius 1 is 1.29 bits per heavy atom. The van der Waals surface area contributed by atoms with Gasteiger partial charge in [0.1, 0.15) is 5.82 Å². The third-order valence-electron chi connectivity index (χ3n) is 2.21. The molecule has 1 aromatic carbocycles. The Morgan fingerprint density at radius 2 is 2.06 bits per heavy atom. The van der Waals surface area contributed by atoms with Gasteiger partial charge >= 0.3 is 0 Å². The number of benzene rings is 1. The number of aromatic nitrogens is 2. The van der Waals surface area contributed by atoms with E-state index in [1.54, 1.807) is 6.20 Å². The lowest BCUT2D eigenvalue weighted by molar-refractivity contribution is 0.151. The smallest absolute Gasteiger partial charge is 0.241 e. The van der Waals surface area contributed by atoms with Crippen LogP contribution < -0.4 is 0 Å². The van der Waals surface area contributed by atoms with Crippen LogP contribution in [0.1, 0.15) is 17.6 Å². The number of hydrogen-bond acceptors (Lipinski definition) is 1. The van der Waals surface area contributed by atoms with E-state index in [1.807, 2.05) is 0 Å². The van der Waals surface area contributed by atoms with E-state index in [9.17, 15) is 13.2 Å². The summed E-state index contributed by atoms with van der Waals surface area (Å²) < 4.78 is 39.5. The zero-order valence-corrected chi connectivity index (χ0v) is 9.33. The Bertz CT molecular complexity index is 525. The molecule has 0 bridgehead atoms. The first-order valence-electron chi connectivity index (χ1n) is 4.78. The largest absolute Gasteiger partial charge is 0.264 e. The van der Waals surface area contributed by atoms with Gasteiger partial charge in [0.05, 0.1) is 17.8 Å². The number of rotatable bonds is 3. The van der Waals surface area contributed by atoms with Crippen LogP contribution in [0.4, 0.5) is 13.2 Å². The summed E-state index contributed by atoms with van der Waals surface area (Å²) in [5.74, 6) is -0.461. The zero-order chi connectivity index (χ0) is 12.4. The summed E-state index contributed by atoms with van der Waals surface area (Å²) in [5.41, 5.74) is 0.606. The van der Waals surface area contributed by atoms with Gasteiger partial charge in [-0.2, -0.15) is 5.10 Å². The molecule has 2 nitrogen and oxygen atoms in total. The van der Waals surface area contributed by atoms with Crippen LogP contribution in [0.15, 0.2) is 30.6 Å². The van der Waals surface area contributed by atoms with Crippen molar-refractivity contribution in [3.8, 4) is 5.69 Å². The molecule has 0 unspecified atom stereocenters. The van der Waals surface area contributed by atoms with E-state index >= 15 is 0 Å². The van der Waals surface area contributed by atoms with E-state index in [0.717, 1.165) is 17.7 Å². The molecule has 1 heterocycles. The van der Waals surface area contributed by atoms with Crippen LogP contribution in [0.5, 0.6) is 0 Å². The molecule has 0 atom stereocenters. The third kappa shape index (κ3) is 2.61. The average Bonchev–Trinajstić information content (AvgIpc) is 2.76. The molecule has 1 aromatic heterocycles. The first-order chi connectivity index (χ1) is 8.10. The molecule has 0 radical (unpaired) electrons. The van der Waals surface area contributed by atoms with Crippen molar-refractivity contribution in [3.05, 3.63) is 47.5 Å². The van der Waals surface area contributed by atoms with Gasteiger partial charge < -0.3 is 0 Å². The van der Waals surface area contributed by atoms with Gasteiger partial charge in [0, 0.05) is 17.3 Å². The normalized spacial score (nSPS) is 11.1. The molecule has 0 aliphatic heterocycles. The highest BCUT2D eigenvalue weighted by Crippen LogP contribution is 2.23. The van der Waals surface area contributed by atoms with Crippen molar-refractivity contribution in [2.75, 3.05) is 0 Å². The van der Waals surface area contributed by atoms with Crippen molar-refractivity contribution in [2.24, 2.45) is 0 Å². The standard InChI is InChI=1S/C11H8ClF3N2/c12-4-7-5-16-17(6-7)10-2-8(11(14)15)1-9(13)3-10/h1-3,5-6,11H,4H2. The summed E-state index contributed by atoms with van der Waals surface area (Å²) in [6.07, 6.45) is 0.351. The minimum Gasteiger partial charge on any atom is -0.241 e. The second-order valence-corrected chi connectivity index (χ2v) is 3.74. The minimum atomic E-state index is -2.72. The number of halogens is 4. The van der Waals surface area contributed by atoms with E-state index in [1.165, 1.54) is 16.9 Å². The molecule has 0 spiro atoms. The minimum absolute atomic E-state index is 0.247. The van der Waals surface area contributed by atoms with Crippen LogP contribution >= 0.6 is 11.6 Å². The van der Waals surface area contributed by atoms with Gasteiger partial charge in [-0.25, -0.2) is 17.9 Å². The quantitative estimate of drug-likeness (QED) is 0.770.